The first-order valence-corrected chi connectivity index (χ1v) is 11.0. The molecule has 2 amide bonds. The molecule has 2 aromatic carbocycles. The second kappa shape index (κ2) is 9.73. The maximum Gasteiger partial charge on any atom is 0.254 e. The van der Waals surface area contributed by atoms with Gasteiger partial charge in [-0.05, 0) is 49.1 Å². The van der Waals surface area contributed by atoms with E-state index in [1.54, 1.807) is 11.0 Å². The first-order chi connectivity index (χ1) is 15.4. The molecular formula is C24H26F3N3O2. The Morgan fingerprint density at radius 1 is 0.906 bits per heavy atom. The predicted molar refractivity (Wildman–Crippen MR) is 115 cm³/mol. The highest BCUT2D eigenvalue weighted by molar-refractivity contribution is 5.95. The molecule has 2 fully saturated rings. The highest BCUT2D eigenvalue weighted by atomic mass is 19.1. The van der Waals surface area contributed by atoms with Crippen molar-refractivity contribution in [2.75, 3.05) is 31.5 Å². The Morgan fingerprint density at radius 2 is 1.59 bits per heavy atom. The van der Waals surface area contributed by atoms with Crippen molar-refractivity contribution in [3.8, 4) is 0 Å². The summed E-state index contributed by atoms with van der Waals surface area (Å²) in [5, 5.41) is 2.63. The Balaban J connectivity index is 1.45. The van der Waals surface area contributed by atoms with Crippen molar-refractivity contribution in [1.29, 1.82) is 0 Å². The molecule has 0 unspecified atom stereocenters. The molecule has 2 aromatic rings. The van der Waals surface area contributed by atoms with Crippen molar-refractivity contribution in [1.82, 2.24) is 9.80 Å². The van der Waals surface area contributed by atoms with Gasteiger partial charge in [0.1, 0.15) is 17.5 Å². The van der Waals surface area contributed by atoms with Crippen LogP contribution < -0.4 is 5.32 Å². The van der Waals surface area contributed by atoms with E-state index in [-0.39, 0.29) is 23.4 Å². The van der Waals surface area contributed by atoms with Gasteiger partial charge in [0.25, 0.3) is 5.91 Å². The largest absolute Gasteiger partial charge is 0.336 e. The molecule has 1 aliphatic heterocycles. The van der Waals surface area contributed by atoms with E-state index in [2.05, 4.69) is 5.32 Å². The first kappa shape index (κ1) is 22.3. The summed E-state index contributed by atoms with van der Waals surface area (Å²) < 4.78 is 40.8. The second-order valence-corrected chi connectivity index (χ2v) is 8.44. The molecule has 5 nitrogen and oxygen atoms in total. The summed E-state index contributed by atoms with van der Waals surface area (Å²) in [6, 6.07) is 8.25. The van der Waals surface area contributed by atoms with Gasteiger partial charge in [0, 0.05) is 37.8 Å². The van der Waals surface area contributed by atoms with Crippen molar-refractivity contribution in [2.24, 2.45) is 5.92 Å². The van der Waals surface area contributed by atoms with Gasteiger partial charge in [0.15, 0.2) is 0 Å². The number of piperazine rings is 1. The number of nitrogens with zero attached hydrogens (tertiary/aromatic N) is 2. The van der Waals surface area contributed by atoms with E-state index in [0.717, 1.165) is 37.8 Å². The third-order valence-corrected chi connectivity index (χ3v) is 6.37. The fraction of sp³-hybridized carbons (Fsp3) is 0.417. The van der Waals surface area contributed by atoms with Crippen molar-refractivity contribution in [3.05, 3.63) is 65.5 Å². The number of hydrogen-bond acceptors (Lipinski definition) is 3. The predicted octanol–water partition coefficient (Wildman–Crippen LogP) is 4.06. The maximum absolute atomic E-state index is 14.1. The molecule has 1 aliphatic carbocycles. The van der Waals surface area contributed by atoms with Crippen LogP contribution in [0.3, 0.4) is 0 Å². The van der Waals surface area contributed by atoms with E-state index in [9.17, 15) is 22.8 Å². The van der Waals surface area contributed by atoms with Crippen molar-refractivity contribution in [2.45, 2.75) is 31.7 Å². The zero-order chi connectivity index (χ0) is 22.7. The highest BCUT2D eigenvalue weighted by Crippen LogP contribution is 2.32. The fourth-order valence-electron chi connectivity index (χ4n) is 4.76. The number of nitrogens with one attached hydrogen (secondary N) is 1. The molecule has 1 atom stereocenters. The van der Waals surface area contributed by atoms with E-state index in [0.29, 0.717) is 31.7 Å². The minimum Gasteiger partial charge on any atom is -0.336 e. The van der Waals surface area contributed by atoms with Crippen LogP contribution >= 0.6 is 0 Å². The molecule has 0 radical (unpaired) electrons. The Labute approximate surface area is 185 Å². The number of halogens is 3. The van der Waals surface area contributed by atoms with Crippen LogP contribution in [0, 0.1) is 23.4 Å². The Kier molecular flexibility index (Phi) is 6.79. The summed E-state index contributed by atoms with van der Waals surface area (Å²) in [6.45, 7) is 1.80. The molecule has 170 valence electrons. The summed E-state index contributed by atoms with van der Waals surface area (Å²) in [5.41, 5.74) is 0.259. The molecular weight excluding hydrogens is 419 g/mol. The van der Waals surface area contributed by atoms with Crippen LogP contribution in [0.15, 0.2) is 42.5 Å². The van der Waals surface area contributed by atoms with Gasteiger partial charge in [-0.3, -0.25) is 14.5 Å². The first-order valence-electron chi connectivity index (χ1n) is 11.0. The van der Waals surface area contributed by atoms with E-state index < -0.39 is 23.5 Å². The number of carbonyl (C=O) groups is 2. The van der Waals surface area contributed by atoms with E-state index in [4.69, 9.17) is 0 Å². The maximum atomic E-state index is 14.1. The van der Waals surface area contributed by atoms with E-state index in [1.165, 1.54) is 24.3 Å². The fourth-order valence-corrected chi connectivity index (χ4v) is 4.76. The lowest BCUT2D eigenvalue weighted by Crippen LogP contribution is -2.57. The zero-order valence-electron chi connectivity index (χ0n) is 17.7. The van der Waals surface area contributed by atoms with Gasteiger partial charge in [0.2, 0.25) is 5.91 Å². The summed E-state index contributed by atoms with van der Waals surface area (Å²) in [6.07, 6.45) is 3.90. The molecule has 1 saturated heterocycles. The molecule has 4 rings (SSSR count). The van der Waals surface area contributed by atoms with Crippen molar-refractivity contribution >= 4 is 17.5 Å². The van der Waals surface area contributed by atoms with Crippen LogP contribution in [-0.4, -0.2) is 53.8 Å². The normalized spacial score (nSPS) is 18.5. The summed E-state index contributed by atoms with van der Waals surface area (Å²) in [4.78, 5) is 29.6. The molecule has 1 N–H and O–H groups in total. The average molecular weight is 445 g/mol. The minimum atomic E-state index is -0.811. The standard InChI is InChI=1S/C24H26F3N3O2/c25-18-7-3-6-17(14-18)24(32)30-12-10-29(11-13-30)22(16-4-1-2-5-16)23(31)28-21-9-8-19(26)15-20(21)27/h3,6-9,14-16,22H,1-2,4-5,10-13H2,(H,28,31)/t22-/m0/s1. The molecule has 0 bridgehead atoms. The van der Waals surface area contributed by atoms with Gasteiger partial charge in [-0.1, -0.05) is 18.9 Å². The van der Waals surface area contributed by atoms with Gasteiger partial charge in [-0.25, -0.2) is 13.2 Å². The summed E-state index contributed by atoms with van der Waals surface area (Å²) >= 11 is 0. The summed E-state index contributed by atoms with van der Waals surface area (Å²) in [5.74, 6) is -2.38. The number of benzene rings is 2. The second-order valence-electron chi connectivity index (χ2n) is 8.44. The Hall–Kier alpha value is -2.87. The molecule has 8 heteroatoms. The number of rotatable bonds is 5. The number of hydrogen-bond donors (Lipinski definition) is 1. The van der Waals surface area contributed by atoms with Gasteiger partial charge < -0.3 is 10.2 Å². The lowest BCUT2D eigenvalue weighted by Gasteiger charge is -2.40. The summed E-state index contributed by atoms with van der Waals surface area (Å²) in [7, 11) is 0. The Bertz CT molecular complexity index is 986. The number of anilines is 1. The van der Waals surface area contributed by atoms with Crippen molar-refractivity contribution in [3.63, 3.8) is 0 Å². The van der Waals surface area contributed by atoms with Crippen LogP contribution in [0.2, 0.25) is 0 Å². The smallest absolute Gasteiger partial charge is 0.254 e. The van der Waals surface area contributed by atoms with Crippen LogP contribution in [0.5, 0.6) is 0 Å². The molecule has 1 saturated carbocycles. The van der Waals surface area contributed by atoms with Gasteiger partial charge in [0.05, 0.1) is 11.7 Å². The lowest BCUT2D eigenvalue weighted by molar-refractivity contribution is -0.124. The van der Waals surface area contributed by atoms with Gasteiger partial charge in [-0.15, -0.1) is 0 Å². The van der Waals surface area contributed by atoms with Crippen LogP contribution in [0.4, 0.5) is 18.9 Å². The molecule has 1 heterocycles. The average Bonchev–Trinajstić information content (AvgIpc) is 3.30. The van der Waals surface area contributed by atoms with Crippen LogP contribution in [0.1, 0.15) is 36.0 Å². The Morgan fingerprint density at radius 3 is 2.25 bits per heavy atom. The number of carbonyl (C=O) groups excluding carboxylic acids is 2. The monoisotopic (exact) mass is 445 g/mol. The third kappa shape index (κ3) is 4.96. The molecule has 0 spiro atoms. The zero-order valence-corrected chi connectivity index (χ0v) is 17.7. The lowest BCUT2D eigenvalue weighted by atomic mass is 9.94. The van der Waals surface area contributed by atoms with Gasteiger partial charge >= 0.3 is 0 Å². The minimum absolute atomic E-state index is 0.0423. The molecule has 2 aliphatic rings. The quantitative estimate of drug-likeness (QED) is 0.755. The molecule has 0 aromatic heterocycles. The molecule has 32 heavy (non-hydrogen) atoms. The van der Waals surface area contributed by atoms with Crippen LogP contribution in [-0.2, 0) is 4.79 Å². The topological polar surface area (TPSA) is 52.7 Å². The van der Waals surface area contributed by atoms with Crippen molar-refractivity contribution < 1.29 is 22.8 Å². The SMILES string of the molecule is O=C(Nc1ccc(F)cc1F)[C@H](C1CCCC1)N1CCN(C(=O)c2cccc(F)c2)CC1. The van der Waals surface area contributed by atoms with E-state index in [1.807, 2.05) is 4.90 Å². The van der Waals surface area contributed by atoms with E-state index >= 15 is 0 Å². The highest BCUT2D eigenvalue weighted by Gasteiger charge is 2.37. The van der Waals surface area contributed by atoms with Gasteiger partial charge in [-0.2, -0.15) is 0 Å². The number of amides is 2. The van der Waals surface area contributed by atoms with Crippen LogP contribution in [0.25, 0.3) is 0 Å². The third-order valence-electron chi connectivity index (χ3n) is 6.37.